The van der Waals surface area contributed by atoms with Crippen molar-refractivity contribution in [1.29, 1.82) is 0 Å². The van der Waals surface area contributed by atoms with Crippen LogP contribution in [-0.4, -0.2) is 77.9 Å². The highest BCUT2D eigenvalue weighted by Crippen LogP contribution is 2.36. The molecule has 0 saturated carbocycles. The predicted octanol–water partition coefficient (Wildman–Crippen LogP) is -0.911. The van der Waals surface area contributed by atoms with E-state index in [1.807, 2.05) is 4.90 Å². The lowest BCUT2D eigenvalue weighted by molar-refractivity contribution is 0.174. The SMILES string of the molecule is CCC(O)CNS(=O)(=O)c1ccc(N2CCC(C(N)CO)CC2)c(C2=NCN=N2)c1S(N)(=O)=O. The molecule has 7 N–H and O–H groups in total. The lowest BCUT2D eigenvalue weighted by atomic mass is 9.90. The van der Waals surface area contributed by atoms with Gasteiger partial charge in [-0.2, -0.15) is 5.11 Å². The molecule has 13 nitrogen and oxygen atoms in total. The van der Waals surface area contributed by atoms with Crippen LogP contribution in [0.15, 0.2) is 37.1 Å². The number of hydrogen-bond acceptors (Lipinski definition) is 11. The zero-order valence-corrected chi connectivity index (χ0v) is 20.5. The molecule has 1 aromatic carbocycles. The van der Waals surface area contributed by atoms with Crippen LogP contribution in [0.25, 0.3) is 0 Å². The summed E-state index contributed by atoms with van der Waals surface area (Å²) in [7, 11) is -8.92. The number of aliphatic imine (C=N–C) groups is 1. The molecular formula is C19H31N7O6S2. The van der Waals surface area contributed by atoms with Crippen LogP contribution in [0.4, 0.5) is 5.69 Å². The number of azo groups is 1. The van der Waals surface area contributed by atoms with Gasteiger partial charge >= 0.3 is 0 Å². The van der Waals surface area contributed by atoms with Gasteiger partial charge in [-0.1, -0.05) is 6.92 Å². The summed E-state index contributed by atoms with van der Waals surface area (Å²) >= 11 is 0. The average molecular weight is 518 g/mol. The molecule has 2 heterocycles. The Hall–Kier alpha value is -2.01. The van der Waals surface area contributed by atoms with Crippen LogP contribution in [0.2, 0.25) is 0 Å². The van der Waals surface area contributed by atoms with Crippen LogP contribution in [0.1, 0.15) is 31.7 Å². The largest absolute Gasteiger partial charge is 0.395 e. The highest BCUT2D eigenvalue weighted by Gasteiger charge is 2.35. The second kappa shape index (κ2) is 10.7. The van der Waals surface area contributed by atoms with Gasteiger partial charge in [-0.25, -0.2) is 31.7 Å². The van der Waals surface area contributed by atoms with E-state index >= 15 is 0 Å². The van der Waals surface area contributed by atoms with Gasteiger partial charge in [0.05, 0.1) is 18.3 Å². The molecule has 34 heavy (non-hydrogen) atoms. The summed E-state index contributed by atoms with van der Waals surface area (Å²) < 4.78 is 53.8. The zero-order valence-electron chi connectivity index (χ0n) is 18.8. The quantitative estimate of drug-likeness (QED) is 0.261. The van der Waals surface area contributed by atoms with Crippen molar-refractivity contribution in [2.24, 2.45) is 32.0 Å². The molecule has 2 unspecified atom stereocenters. The van der Waals surface area contributed by atoms with Gasteiger partial charge in [0.25, 0.3) is 0 Å². The van der Waals surface area contributed by atoms with Crippen molar-refractivity contribution in [3.05, 3.63) is 17.7 Å². The Morgan fingerprint density at radius 2 is 1.91 bits per heavy atom. The smallest absolute Gasteiger partial charge is 0.242 e. The fourth-order valence-electron chi connectivity index (χ4n) is 4.03. The van der Waals surface area contributed by atoms with Crippen LogP contribution in [0, 0.1) is 5.92 Å². The third-order valence-electron chi connectivity index (χ3n) is 6.02. The van der Waals surface area contributed by atoms with Crippen molar-refractivity contribution in [2.45, 2.75) is 48.1 Å². The Morgan fingerprint density at radius 3 is 2.44 bits per heavy atom. The number of hydrogen-bond donors (Lipinski definition) is 5. The Balaban J connectivity index is 2.12. The van der Waals surface area contributed by atoms with Crippen molar-refractivity contribution >= 4 is 31.6 Å². The number of benzene rings is 1. The molecule has 2 atom stereocenters. The van der Waals surface area contributed by atoms with Gasteiger partial charge in [0.15, 0.2) is 12.5 Å². The summed E-state index contributed by atoms with van der Waals surface area (Å²) in [5, 5.41) is 32.3. The van der Waals surface area contributed by atoms with Crippen LogP contribution in [0.3, 0.4) is 0 Å². The highest BCUT2D eigenvalue weighted by atomic mass is 32.2. The maximum atomic E-state index is 13.0. The number of nitrogens with two attached hydrogens (primary N) is 2. The monoisotopic (exact) mass is 517 g/mol. The number of rotatable bonds is 10. The van der Waals surface area contributed by atoms with Gasteiger partial charge < -0.3 is 20.8 Å². The fraction of sp³-hybridized carbons (Fsp3) is 0.632. The minimum absolute atomic E-state index is 0.0236. The van der Waals surface area contributed by atoms with E-state index in [9.17, 15) is 27.0 Å². The first-order valence-electron chi connectivity index (χ1n) is 10.9. The van der Waals surface area contributed by atoms with Crippen molar-refractivity contribution in [3.63, 3.8) is 0 Å². The number of anilines is 1. The normalized spacial score (nSPS) is 19.3. The van der Waals surface area contributed by atoms with Gasteiger partial charge in [0.2, 0.25) is 20.0 Å². The third-order valence-corrected chi connectivity index (χ3v) is 8.61. The van der Waals surface area contributed by atoms with E-state index in [1.54, 1.807) is 6.92 Å². The molecule has 1 aromatic rings. The fourth-order valence-corrected chi connectivity index (χ4v) is 6.70. The minimum atomic E-state index is -4.56. The number of primary sulfonamides is 1. The van der Waals surface area contributed by atoms with Crippen LogP contribution in [0.5, 0.6) is 0 Å². The molecule has 2 aliphatic rings. The number of nitrogens with one attached hydrogen (secondary N) is 1. The number of nitrogens with zero attached hydrogens (tertiary/aromatic N) is 4. The molecule has 2 aliphatic heterocycles. The molecule has 0 radical (unpaired) electrons. The van der Waals surface area contributed by atoms with Gasteiger partial charge in [0.1, 0.15) is 9.79 Å². The van der Waals surface area contributed by atoms with E-state index in [2.05, 4.69) is 19.9 Å². The van der Waals surface area contributed by atoms with E-state index in [4.69, 9.17) is 10.9 Å². The van der Waals surface area contributed by atoms with Crippen LogP contribution >= 0.6 is 0 Å². The molecule has 1 fully saturated rings. The third kappa shape index (κ3) is 5.79. The van der Waals surface area contributed by atoms with Crippen LogP contribution in [-0.2, 0) is 20.0 Å². The Bertz CT molecular complexity index is 1160. The first-order valence-corrected chi connectivity index (χ1v) is 13.9. The van der Waals surface area contributed by atoms with Gasteiger partial charge in [-0.3, -0.25) is 0 Å². The van der Waals surface area contributed by atoms with E-state index in [1.165, 1.54) is 12.1 Å². The van der Waals surface area contributed by atoms with Gasteiger partial charge in [-0.05, 0) is 37.3 Å². The summed E-state index contributed by atoms with van der Waals surface area (Å²) in [5.41, 5.74) is 6.34. The maximum Gasteiger partial charge on any atom is 0.242 e. The Kier molecular flexibility index (Phi) is 8.38. The van der Waals surface area contributed by atoms with E-state index in [0.717, 1.165) is 0 Å². The second-order valence-corrected chi connectivity index (χ2v) is 11.5. The number of piperidine rings is 1. The van der Waals surface area contributed by atoms with Crippen molar-refractivity contribution in [3.8, 4) is 0 Å². The Labute approximate surface area is 199 Å². The summed E-state index contributed by atoms with van der Waals surface area (Å²) in [5.74, 6) is 0.0682. The predicted molar refractivity (Wildman–Crippen MR) is 126 cm³/mol. The standard InChI is InChI=1S/C19H31N7O6S2/c1-2-13(28)9-24-34(31,32)16-4-3-15(26-7-5-12(6-8-26)14(20)10-27)17(18(16)33(21,29)30)19-22-11-23-25-19/h3-4,12-14,24,27-28H,2,5-11,20H2,1H3,(H2,21,29,30). The number of sulfonamides is 2. The summed E-state index contributed by atoms with van der Waals surface area (Å²) in [6, 6.07) is 2.32. The first kappa shape index (κ1) is 26.6. The molecule has 0 spiro atoms. The molecule has 15 heteroatoms. The van der Waals surface area contributed by atoms with Crippen molar-refractivity contribution < 1.29 is 27.0 Å². The number of aliphatic hydroxyl groups excluding tert-OH is 2. The average Bonchev–Trinajstić information content (AvgIpc) is 3.35. The maximum absolute atomic E-state index is 13.0. The molecular weight excluding hydrogens is 486 g/mol. The molecule has 3 rings (SSSR count). The van der Waals surface area contributed by atoms with E-state index in [-0.39, 0.29) is 43.2 Å². The molecule has 190 valence electrons. The first-order chi connectivity index (χ1) is 16.0. The number of amidine groups is 1. The summed E-state index contributed by atoms with van der Waals surface area (Å²) in [6.07, 6.45) is 0.667. The highest BCUT2D eigenvalue weighted by molar-refractivity contribution is 7.92. The number of aliphatic hydroxyl groups is 2. The molecule has 0 aromatic heterocycles. The topological polar surface area (TPSA) is 213 Å². The minimum Gasteiger partial charge on any atom is -0.395 e. The summed E-state index contributed by atoms with van der Waals surface area (Å²) in [6.45, 7) is 2.22. The van der Waals surface area contributed by atoms with Crippen molar-refractivity contribution in [2.75, 3.05) is 37.8 Å². The van der Waals surface area contributed by atoms with Crippen molar-refractivity contribution in [1.82, 2.24) is 4.72 Å². The van der Waals surface area contributed by atoms with E-state index in [0.29, 0.717) is 38.0 Å². The Morgan fingerprint density at radius 1 is 1.24 bits per heavy atom. The molecule has 0 aliphatic carbocycles. The summed E-state index contributed by atoms with van der Waals surface area (Å²) in [4.78, 5) is 4.84. The second-order valence-electron chi connectivity index (χ2n) is 8.28. The lowest BCUT2D eigenvalue weighted by Gasteiger charge is -2.36. The zero-order chi connectivity index (χ0) is 25.1. The van der Waals surface area contributed by atoms with Gasteiger partial charge in [-0.15, -0.1) is 5.11 Å². The van der Waals surface area contributed by atoms with E-state index < -0.39 is 35.9 Å². The lowest BCUT2D eigenvalue weighted by Crippen LogP contribution is -2.43. The molecule has 0 bridgehead atoms. The van der Waals surface area contributed by atoms with Gasteiger partial charge in [0, 0.05) is 31.4 Å². The molecule has 0 amide bonds. The van der Waals surface area contributed by atoms with Crippen LogP contribution < -0.4 is 20.5 Å². The molecule has 1 saturated heterocycles.